The highest BCUT2D eigenvalue weighted by molar-refractivity contribution is 5.94. The minimum atomic E-state index is -0.294. The Morgan fingerprint density at radius 3 is 2.41 bits per heavy atom. The molecule has 1 N–H and O–H groups in total. The zero-order valence-electron chi connectivity index (χ0n) is 24.3. The number of nitrogens with zero attached hydrogens (tertiary/aromatic N) is 1. The summed E-state index contributed by atoms with van der Waals surface area (Å²) in [7, 11) is 1.71. The van der Waals surface area contributed by atoms with Crippen LogP contribution in [0.2, 0.25) is 0 Å². The SMILES string of the molecule is CCOC(=O)CCN(C)C(=O)c1ccc(NC(c2oc3ccc(-c4ccccc4)cc3c2C)C2CCCCC2)cc1. The lowest BCUT2D eigenvalue weighted by molar-refractivity contribution is -0.143. The summed E-state index contributed by atoms with van der Waals surface area (Å²) >= 11 is 0. The molecule has 0 saturated heterocycles. The van der Waals surface area contributed by atoms with E-state index in [1.54, 1.807) is 18.9 Å². The van der Waals surface area contributed by atoms with Crippen LogP contribution in [0.4, 0.5) is 5.69 Å². The number of hydrogen-bond acceptors (Lipinski definition) is 5. The van der Waals surface area contributed by atoms with Gasteiger partial charge in [-0.1, -0.05) is 55.7 Å². The fourth-order valence-corrected chi connectivity index (χ4v) is 5.91. The summed E-state index contributed by atoms with van der Waals surface area (Å²) in [5, 5.41) is 4.93. The Kier molecular flexibility index (Phi) is 9.07. The molecule has 1 aromatic heterocycles. The summed E-state index contributed by atoms with van der Waals surface area (Å²) in [6.07, 6.45) is 6.24. The minimum absolute atomic E-state index is 0.0386. The van der Waals surface area contributed by atoms with Crippen molar-refractivity contribution in [3.05, 3.63) is 89.7 Å². The van der Waals surface area contributed by atoms with Gasteiger partial charge in [0.1, 0.15) is 11.3 Å². The maximum Gasteiger partial charge on any atom is 0.307 e. The van der Waals surface area contributed by atoms with Gasteiger partial charge in [-0.15, -0.1) is 0 Å². The standard InChI is InChI=1S/C35H40N2O4/c1-4-40-32(38)21-22-37(3)35(39)27-15-18-29(19-16-27)36-33(26-13-9-6-10-14-26)34-24(2)30-23-28(17-20-31(30)41-34)25-11-7-5-8-12-25/h5,7-8,11-12,15-20,23,26,33,36H,4,6,9-10,13-14,21-22H2,1-3H3. The van der Waals surface area contributed by atoms with Gasteiger partial charge in [-0.05, 0) is 80.1 Å². The molecule has 0 bridgehead atoms. The molecule has 0 spiro atoms. The van der Waals surface area contributed by atoms with Crippen LogP contribution in [0.1, 0.15) is 73.2 Å². The zero-order chi connectivity index (χ0) is 28.8. The van der Waals surface area contributed by atoms with E-state index in [0.717, 1.165) is 35.3 Å². The Morgan fingerprint density at radius 1 is 0.976 bits per heavy atom. The molecule has 6 nitrogen and oxygen atoms in total. The third-order valence-electron chi connectivity index (χ3n) is 8.24. The van der Waals surface area contributed by atoms with E-state index >= 15 is 0 Å². The van der Waals surface area contributed by atoms with Crippen LogP contribution in [0.5, 0.6) is 0 Å². The molecule has 1 heterocycles. The van der Waals surface area contributed by atoms with E-state index in [-0.39, 0.29) is 24.3 Å². The van der Waals surface area contributed by atoms with E-state index in [0.29, 0.717) is 24.6 Å². The summed E-state index contributed by atoms with van der Waals surface area (Å²) < 4.78 is 11.6. The van der Waals surface area contributed by atoms with Crippen LogP contribution in [0.3, 0.4) is 0 Å². The van der Waals surface area contributed by atoms with Gasteiger partial charge < -0.3 is 19.4 Å². The van der Waals surface area contributed by atoms with Crippen LogP contribution in [0.25, 0.3) is 22.1 Å². The van der Waals surface area contributed by atoms with Gasteiger partial charge in [0.25, 0.3) is 5.91 Å². The summed E-state index contributed by atoms with van der Waals surface area (Å²) in [6.45, 7) is 4.60. The minimum Gasteiger partial charge on any atom is -0.466 e. The Hall–Kier alpha value is -4.06. The molecule has 41 heavy (non-hydrogen) atoms. The van der Waals surface area contributed by atoms with E-state index in [1.165, 1.54) is 36.0 Å². The lowest BCUT2D eigenvalue weighted by Gasteiger charge is -2.31. The average molecular weight is 553 g/mol. The summed E-state index contributed by atoms with van der Waals surface area (Å²) in [5.74, 6) is 1.05. The van der Waals surface area contributed by atoms with Crippen molar-refractivity contribution < 1.29 is 18.7 Å². The first-order valence-corrected chi connectivity index (χ1v) is 14.8. The average Bonchev–Trinajstić information content (AvgIpc) is 3.34. The Bertz CT molecular complexity index is 1470. The normalized spacial score (nSPS) is 14.5. The predicted octanol–water partition coefficient (Wildman–Crippen LogP) is 8.17. The molecule has 1 aliphatic carbocycles. The summed E-state index contributed by atoms with van der Waals surface area (Å²) in [5.41, 5.74) is 6.01. The predicted molar refractivity (Wildman–Crippen MR) is 164 cm³/mol. The molecule has 3 aromatic carbocycles. The number of carbonyl (C=O) groups excluding carboxylic acids is 2. The number of fused-ring (bicyclic) bond motifs is 1. The third kappa shape index (κ3) is 6.64. The van der Waals surface area contributed by atoms with Gasteiger partial charge in [0.15, 0.2) is 0 Å². The molecule has 1 saturated carbocycles. The summed E-state index contributed by atoms with van der Waals surface area (Å²) in [4.78, 5) is 26.2. The molecule has 1 aliphatic rings. The van der Waals surface area contributed by atoms with Crippen LogP contribution >= 0.6 is 0 Å². The van der Waals surface area contributed by atoms with Crippen molar-refractivity contribution >= 4 is 28.5 Å². The van der Waals surface area contributed by atoms with Gasteiger partial charge in [-0.2, -0.15) is 0 Å². The molecule has 4 aromatic rings. The number of furan rings is 1. The first-order chi connectivity index (χ1) is 19.9. The first kappa shape index (κ1) is 28.5. The number of aryl methyl sites for hydroxylation is 1. The number of hydrogen-bond donors (Lipinski definition) is 1. The second kappa shape index (κ2) is 13.1. The van der Waals surface area contributed by atoms with Crippen LogP contribution in [-0.2, 0) is 9.53 Å². The van der Waals surface area contributed by atoms with Crippen LogP contribution in [0.15, 0.2) is 77.2 Å². The maximum atomic E-state index is 12.9. The number of nitrogens with one attached hydrogen (secondary N) is 1. The molecule has 0 radical (unpaired) electrons. The smallest absolute Gasteiger partial charge is 0.307 e. The van der Waals surface area contributed by atoms with E-state index in [2.05, 4.69) is 54.7 Å². The fraction of sp³-hybridized carbons (Fsp3) is 0.371. The van der Waals surface area contributed by atoms with Crippen molar-refractivity contribution in [1.29, 1.82) is 0 Å². The number of esters is 1. The quantitative estimate of drug-likeness (QED) is 0.201. The van der Waals surface area contributed by atoms with Gasteiger partial charge in [0, 0.05) is 35.8 Å². The third-order valence-corrected chi connectivity index (χ3v) is 8.24. The molecule has 0 aliphatic heterocycles. The molecular weight excluding hydrogens is 512 g/mol. The van der Waals surface area contributed by atoms with Crippen LogP contribution in [-0.4, -0.2) is 37.0 Å². The summed E-state index contributed by atoms with van der Waals surface area (Å²) in [6, 6.07) is 24.6. The Morgan fingerprint density at radius 2 is 1.71 bits per heavy atom. The lowest BCUT2D eigenvalue weighted by atomic mass is 9.82. The maximum absolute atomic E-state index is 12.9. The van der Waals surface area contributed by atoms with E-state index in [9.17, 15) is 9.59 Å². The topological polar surface area (TPSA) is 71.8 Å². The Labute approximate surface area is 242 Å². The van der Waals surface area contributed by atoms with E-state index < -0.39 is 0 Å². The molecule has 5 rings (SSSR count). The van der Waals surface area contributed by atoms with Gasteiger partial charge in [-0.3, -0.25) is 9.59 Å². The van der Waals surface area contributed by atoms with Gasteiger partial charge in [-0.25, -0.2) is 0 Å². The van der Waals surface area contributed by atoms with Crippen LogP contribution < -0.4 is 5.32 Å². The van der Waals surface area contributed by atoms with Crippen molar-refractivity contribution in [2.45, 2.75) is 58.4 Å². The largest absolute Gasteiger partial charge is 0.466 e. The molecule has 1 amide bonds. The van der Waals surface area contributed by atoms with Crippen molar-refractivity contribution in [2.75, 3.05) is 25.5 Å². The Balaban J connectivity index is 1.37. The molecule has 1 fully saturated rings. The van der Waals surface area contributed by atoms with E-state index in [1.807, 2.05) is 30.3 Å². The second-order valence-electron chi connectivity index (χ2n) is 11.0. The van der Waals surface area contributed by atoms with Gasteiger partial charge >= 0.3 is 5.97 Å². The number of carbonyl (C=O) groups is 2. The highest BCUT2D eigenvalue weighted by Crippen LogP contribution is 2.41. The van der Waals surface area contributed by atoms with Crippen molar-refractivity contribution in [3.8, 4) is 11.1 Å². The number of ether oxygens (including phenoxy) is 1. The molecule has 1 unspecified atom stereocenters. The number of amides is 1. The molecule has 1 atom stereocenters. The molecule has 6 heteroatoms. The molecular formula is C35H40N2O4. The fourth-order valence-electron chi connectivity index (χ4n) is 5.91. The second-order valence-corrected chi connectivity index (χ2v) is 11.0. The lowest BCUT2D eigenvalue weighted by Crippen LogP contribution is -2.29. The van der Waals surface area contributed by atoms with Crippen LogP contribution in [0, 0.1) is 12.8 Å². The number of anilines is 1. The monoisotopic (exact) mass is 552 g/mol. The van der Waals surface area contributed by atoms with Crippen molar-refractivity contribution in [2.24, 2.45) is 5.92 Å². The zero-order valence-corrected chi connectivity index (χ0v) is 24.3. The highest BCUT2D eigenvalue weighted by Gasteiger charge is 2.30. The highest BCUT2D eigenvalue weighted by atomic mass is 16.5. The van der Waals surface area contributed by atoms with E-state index in [4.69, 9.17) is 9.15 Å². The van der Waals surface area contributed by atoms with Crippen molar-refractivity contribution in [3.63, 3.8) is 0 Å². The van der Waals surface area contributed by atoms with Gasteiger partial charge in [0.2, 0.25) is 0 Å². The number of rotatable bonds is 10. The van der Waals surface area contributed by atoms with Crippen molar-refractivity contribution in [1.82, 2.24) is 4.90 Å². The first-order valence-electron chi connectivity index (χ1n) is 14.8. The number of benzene rings is 3. The molecule has 214 valence electrons. The van der Waals surface area contributed by atoms with Gasteiger partial charge in [0.05, 0.1) is 19.1 Å².